The lowest BCUT2D eigenvalue weighted by Crippen LogP contribution is -2.45. The lowest BCUT2D eigenvalue weighted by Gasteiger charge is -2.30. The minimum Gasteiger partial charge on any atom is -0.379 e. The standard InChI is InChI=1S/C12H27N3OS.HI/c1-12(2,3)10(16-5)9-15-11(13-4)14-7-8-17-6;/h10H,7-9H2,1-6H3,(H2,13,14,15);1H. The molecule has 110 valence electrons. The highest BCUT2D eigenvalue weighted by Gasteiger charge is 2.24. The van der Waals surface area contributed by atoms with Gasteiger partial charge in [0.05, 0.1) is 6.10 Å². The molecule has 0 aliphatic heterocycles. The van der Waals surface area contributed by atoms with Crippen LogP contribution in [0, 0.1) is 5.41 Å². The summed E-state index contributed by atoms with van der Waals surface area (Å²) in [7, 11) is 3.54. The molecule has 0 spiro atoms. The lowest BCUT2D eigenvalue weighted by molar-refractivity contribution is 0.0205. The number of nitrogens with one attached hydrogen (secondary N) is 2. The van der Waals surface area contributed by atoms with Crippen LogP contribution in [-0.2, 0) is 4.74 Å². The minimum atomic E-state index is 0. The molecular weight excluding hydrogens is 361 g/mol. The van der Waals surface area contributed by atoms with Crippen LogP contribution in [0.2, 0.25) is 0 Å². The van der Waals surface area contributed by atoms with Gasteiger partial charge in [-0.1, -0.05) is 20.8 Å². The van der Waals surface area contributed by atoms with Crippen LogP contribution in [0.25, 0.3) is 0 Å². The van der Waals surface area contributed by atoms with E-state index in [1.165, 1.54) is 0 Å². The molecule has 0 aromatic rings. The fourth-order valence-electron chi connectivity index (χ4n) is 1.42. The third kappa shape index (κ3) is 9.27. The summed E-state index contributed by atoms with van der Waals surface area (Å²) in [5.41, 5.74) is 0.125. The van der Waals surface area contributed by atoms with Crippen molar-refractivity contribution < 1.29 is 4.74 Å². The van der Waals surface area contributed by atoms with Crippen molar-refractivity contribution in [2.75, 3.05) is 39.3 Å². The van der Waals surface area contributed by atoms with Crippen LogP contribution in [-0.4, -0.2) is 51.3 Å². The number of ether oxygens (including phenoxy) is 1. The number of rotatable bonds is 6. The van der Waals surface area contributed by atoms with E-state index in [-0.39, 0.29) is 35.5 Å². The fraction of sp³-hybridized carbons (Fsp3) is 0.917. The van der Waals surface area contributed by atoms with Crippen LogP contribution in [0.15, 0.2) is 4.99 Å². The maximum atomic E-state index is 5.49. The van der Waals surface area contributed by atoms with Crippen molar-refractivity contribution in [1.82, 2.24) is 10.6 Å². The second kappa shape index (κ2) is 11.2. The predicted molar refractivity (Wildman–Crippen MR) is 93.4 cm³/mol. The fourth-order valence-corrected chi connectivity index (χ4v) is 1.73. The summed E-state index contributed by atoms with van der Waals surface area (Å²) >= 11 is 1.82. The van der Waals surface area contributed by atoms with Gasteiger partial charge in [0.1, 0.15) is 0 Å². The lowest BCUT2D eigenvalue weighted by atomic mass is 9.89. The Morgan fingerprint density at radius 1 is 1.33 bits per heavy atom. The number of hydrogen-bond acceptors (Lipinski definition) is 3. The van der Waals surface area contributed by atoms with Crippen molar-refractivity contribution in [1.29, 1.82) is 0 Å². The van der Waals surface area contributed by atoms with Crippen LogP contribution in [0.1, 0.15) is 20.8 Å². The van der Waals surface area contributed by atoms with Gasteiger partial charge in [-0.05, 0) is 11.7 Å². The summed E-state index contributed by atoms with van der Waals surface area (Å²) in [6.07, 6.45) is 2.26. The van der Waals surface area contributed by atoms with Crippen molar-refractivity contribution in [3.05, 3.63) is 0 Å². The number of nitrogens with zero attached hydrogens (tertiary/aromatic N) is 1. The largest absolute Gasteiger partial charge is 0.379 e. The predicted octanol–water partition coefficient (Wildman–Crippen LogP) is 2.19. The Morgan fingerprint density at radius 3 is 2.33 bits per heavy atom. The van der Waals surface area contributed by atoms with Crippen LogP contribution >= 0.6 is 35.7 Å². The van der Waals surface area contributed by atoms with Crippen molar-refractivity contribution >= 4 is 41.7 Å². The van der Waals surface area contributed by atoms with Gasteiger partial charge in [0.25, 0.3) is 0 Å². The number of thioether (sulfide) groups is 1. The average molecular weight is 389 g/mol. The minimum absolute atomic E-state index is 0. The Bertz CT molecular complexity index is 232. The molecule has 2 N–H and O–H groups in total. The van der Waals surface area contributed by atoms with E-state index in [9.17, 15) is 0 Å². The number of halogens is 1. The number of hydrogen-bond donors (Lipinski definition) is 2. The number of guanidine groups is 1. The van der Waals surface area contributed by atoms with E-state index >= 15 is 0 Å². The number of aliphatic imine (C=N–C) groups is 1. The monoisotopic (exact) mass is 389 g/mol. The van der Waals surface area contributed by atoms with Crippen LogP contribution in [0.4, 0.5) is 0 Å². The summed E-state index contributed by atoms with van der Waals surface area (Å²) in [6.45, 7) is 8.21. The third-order valence-corrected chi connectivity index (χ3v) is 3.14. The molecule has 0 saturated heterocycles. The first-order chi connectivity index (χ1) is 7.95. The van der Waals surface area contributed by atoms with Gasteiger partial charge in [0.15, 0.2) is 5.96 Å². The van der Waals surface area contributed by atoms with Gasteiger partial charge < -0.3 is 15.4 Å². The van der Waals surface area contributed by atoms with Gasteiger partial charge in [-0.3, -0.25) is 4.99 Å². The molecule has 0 bridgehead atoms. The van der Waals surface area contributed by atoms with Crippen molar-refractivity contribution in [2.45, 2.75) is 26.9 Å². The highest BCUT2D eigenvalue weighted by Crippen LogP contribution is 2.20. The average Bonchev–Trinajstić information content (AvgIpc) is 2.26. The molecule has 6 heteroatoms. The van der Waals surface area contributed by atoms with Gasteiger partial charge in [-0.25, -0.2) is 0 Å². The van der Waals surface area contributed by atoms with Gasteiger partial charge in [-0.2, -0.15) is 11.8 Å². The molecule has 0 aromatic carbocycles. The Kier molecular flexibility index (Phi) is 12.8. The van der Waals surface area contributed by atoms with E-state index in [1.807, 2.05) is 11.8 Å². The Morgan fingerprint density at radius 2 is 1.94 bits per heavy atom. The topological polar surface area (TPSA) is 45.7 Å². The molecular formula is C12H28IN3OS. The zero-order valence-corrected chi connectivity index (χ0v) is 15.5. The Labute approximate surface area is 133 Å². The van der Waals surface area contributed by atoms with Crippen LogP contribution in [0.3, 0.4) is 0 Å². The van der Waals surface area contributed by atoms with Crippen LogP contribution in [0.5, 0.6) is 0 Å². The summed E-state index contributed by atoms with van der Waals surface area (Å²) in [6, 6.07) is 0. The molecule has 1 unspecified atom stereocenters. The van der Waals surface area contributed by atoms with E-state index in [2.05, 4.69) is 42.7 Å². The van der Waals surface area contributed by atoms with E-state index in [0.717, 1.165) is 24.8 Å². The molecule has 0 saturated carbocycles. The quantitative estimate of drug-likeness (QED) is 0.317. The van der Waals surface area contributed by atoms with Crippen LogP contribution < -0.4 is 10.6 Å². The van der Waals surface area contributed by atoms with Crippen molar-refractivity contribution in [3.8, 4) is 0 Å². The molecule has 0 aliphatic rings. The van der Waals surface area contributed by atoms with Crippen molar-refractivity contribution in [2.24, 2.45) is 10.4 Å². The zero-order valence-electron chi connectivity index (χ0n) is 12.4. The molecule has 1 atom stereocenters. The van der Waals surface area contributed by atoms with Gasteiger partial charge in [-0.15, -0.1) is 24.0 Å². The molecule has 0 amide bonds. The zero-order chi connectivity index (χ0) is 13.3. The molecule has 0 aromatic heterocycles. The molecule has 4 nitrogen and oxygen atoms in total. The maximum Gasteiger partial charge on any atom is 0.191 e. The summed E-state index contributed by atoms with van der Waals surface area (Å²) < 4.78 is 5.49. The van der Waals surface area contributed by atoms with E-state index in [0.29, 0.717) is 0 Å². The highest BCUT2D eigenvalue weighted by atomic mass is 127. The molecule has 0 aliphatic carbocycles. The molecule has 0 fully saturated rings. The third-order valence-electron chi connectivity index (χ3n) is 2.53. The second-order valence-electron chi connectivity index (χ2n) is 4.96. The first kappa shape index (κ1) is 20.6. The van der Waals surface area contributed by atoms with Gasteiger partial charge >= 0.3 is 0 Å². The smallest absolute Gasteiger partial charge is 0.191 e. The first-order valence-electron chi connectivity index (χ1n) is 5.92. The van der Waals surface area contributed by atoms with E-state index in [1.54, 1.807) is 14.2 Å². The first-order valence-corrected chi connectivity index (χ1v) is 7.31. The number of methoxy groups -OCH3 is 1. The normalized spacial score (nSPS) is 13.8. The van der Waals surface area contributed by atoms with Crippen molar-refractivity contribution in [3.63, 3.8) is 0 Å². The molecule has 18 heavy (non-hydrogen) atoms. The molecule has 0 heterocycles. The van der Waals surface area contributed by atoms with Gasteiger partial charge in [0.2, 0.25) is 0 Å². The SMILES string of the molecule is CN=C(NCCSC)NCC(OC)C(C)(C)C.I. The van der Waals surface area contributed by atoms with Gasteiger partial charge in [0, 0.05) is 33.0 Å². The van der Waals surface area contributed by atoms with E-state index < -0.39 is 0 Å². The molecule has 0 rings (SSSR count). The van der Waals surface area contributed by atoms with E-state index in [4.69, 9.17) is 4.74 Å². The Balaban J connectivity index is 0. The second-order valence-corrected chi connectivity index (χ2v) is 5.95. The summed E-state index contributed by atoms with van der Waals surface area (Å²) in [5.74, 6) is 1.92. The highest BCUT2D eigenvalue weighted by molar-refractivity contribution is 14.0. The summed E-state index contributed by atoms with van der Waals surface area (Å²) in [5, 5.41) is 6.55. The maximum absolute atomic E-state index is 5.49. The Hall–Kier alpha value is 0.310. The molecule has 0 radical (unpaired) electrons. The summed E-state index contributed by atoms with van der Waals surface area (Å²) in [4.78, 5) is 4.18.